The van der Waals surface area contributed by atoms with Crippen molar-refractivity contribution < 1.29 is 8.42 Å². The molecule has 0 amide bonds. The van der Waals surface area contributed by atoms with Crippen molar-refractivity contribution in [3.63, 3.8) is 0 Å². The summed E-state index contributed by atoms with van der Waals surface area (Å²) < 4.78 is 26.2. The first kappa shape index (κ1) is 17.4. The van der Waals surface area contributed by atoms with Crippen LogP contribution in [0.15, 0.2) is 30.3 Å². The molecule has 0 spiro atoms. The zero-order valence-corrected chi connectivity index (χ0v) is 14.6. The van der Waals surface area contributed by atoms with E-state index >= 15 is 0 Å². The average Bonchev–Trinajstić information content (AvgIpc) is 2.47. The lowest BCUT2D eigenvalue weighted by Crippen LogP contribution is -2.46. The smallest absolute Gasteiger partial charge is 0.214 e. The minimum Gasteiger partial charge on any atom is -0.307 e. The Morgan fingerprint density at radius 1 is 1.14 bits per heavy atom. The summed E-state index contributed by atoms with van der Waals surface area (Å²) in [5, 5.41) is 3.63. The maximum atomic E-state index is 12.3. The van der Waals surface area contributed by atoms with Gasteiger partial charge >= 0.3 is 0 Å². The van der Waals surface area contributed by atoms with Gasteiger partial charge in [0.25, 0.3) is 0 Å². The number of sulfonamides is 1. The molecule has 1 N–H and O–H groups in total. The number of nitrogens with zero attached hydrogens (tertiary/aromatic N) is 1. The Labute approximate surface area is 135 Å². The molecule has 124 valence electrons. The van der Waals surface area contributed by atoms with Crippen molar-refractivity contribution in [2.24, 2.45) is 5.92 Å². The van der Waals surface area contributed by atoms with Crippen LogP contribution in [-0.2, 0) is 10.0 Å². The van der Waals surface area contributed by atoms with Gasteiger partial charge in [0.1, 0.15) is 0 Å². The van der Waals surface area contributed by atoms with Crippen LogP contribution in [0.1, 0.15) is 45.2 Å². The van der Waals surface area contributed by atoms with Crippen LogP contribution < -0.4 is 5.32 Å². The Kier molecular flexibility index (Phi) is 6.01. The van der Waals surface area contributed by atoms with E-state index in [1.165, 1.54) is 5.56 Å². The van der Waals surface area contributed by atoms with Gasteiger partial charge in [-0.15, -0.1) is 0 Å². The van der Waals surface area contributed by atoms with Gasteiger partial charge < -0.3 is 5.32 Å². The molecule has 5 heteroatoms. The monoisotopic (exact) mass is 324 g/mol. The van der Waals surface area contributed by atoms with Gasteiger partial charge in [-0.3, -0.25) is 0 Å². The van der Waals surface area contributed by atoms with E-state index in [9.17, 15) is 8.42 Å². The number of benzene rings is 1. The largest absolute Gasteiger partial charge is 0.307 e. The van der Waals surface area contributed by atoms with Crippen LogP contribution in [0.3, 0.4) is 0 Å². The molecule has 0 unspecified atom stereocenters. The molecule has 4 nitrogen and oxygen atoms in total. The van der Waals surface area contributed by atoms with E-state index in [1.54, 1.807) is 4.31 Å². The predicted octanol–water partition coefficient (Wildman–Crippen LogP) is 2.79. The molecule has 1 aromatic carbocycles. The molecule has 1 heterocycles. The van der Waals surface area contributed by atoms with Crippen LogP contribution in [0, 0.1) is 5.92 Å². The van der Waals surface area contributed by atoms with E-state index in [-0.39, 0.29) is 11.7 Å². The third kappa shape index (κ3) is 4.80. The topological polar surface area (TPSA) is 49.4 Å². The van der Waals surface area contributed by atoms with Gasteiger partial charge in [-0.25, -0.2) is 12.7 Å². The van der Waals surface area contributed by atoms with E-state index in [4.69, 9.17) is 0 Å². The van der Waals surface area contributed by atoms with E-state index in [1.807, 2.05) is 19.9 Å². The van der Waals surface area contributed by atoms with Gasteiger partial charge in [-0.1, -0.05) is 44.2 Å². The first-order valence-corrected chi connectivity index (χ1v) is 9.78. The van der Waals surface area contributed by atoms with Crippen LogP contribution in [0.25, 0.3) is 0 Å². The molecular weight excluding hydrogens is 296 g/mol. The maximum Gasteiger partial charge on any atom is 0.214 e. The summed E-state index contributed by atoms with van der Waals surface area (Å²) in [6, 6.07) is 11.1. The number of hydrogen-bond donors (Lipinski definition) is 1. The summed E-state index contributed by atoms with van der Waals surface area (Å²) in [4.78, 5) is 0. The molecule has 0 aromatic heterocycles. The third-order valence-electron chi connectivity index (χ3n) is 4.18. The SMILES string of the molecule is CC(C)CS(=O)(=O)N1CCC(N[C@@H](C)c2ccccc2)CC1. The molecule has 1 fully saturated rings. The normalized spacial score (nSPS) is 19.5. The van der Waals surface area contributed by atoms with Gasteiger partial charge in [0.05, 0.1) is 5.75 Å². The first-order chi connectivity index (χ1) is 10.4. The van der Waals surface area contributed by atoms with Crippen molar-refractivity contribution in [2.45, 2.75) is 45.7 Å². The van der Waals surface area contributed by atoms with Gasteiger partial charge in [0.15, 0.2) is 0 Å². The molecular formula is C17H28N2O2S. The van der Waals surface area contributed by atoms with Crippen molar-refractivity contribution in [1.29, 1.82) is 0 Å². The molecule has 1 atom stereocenters. The second-order valence-corrected chi connectivity index (χ2v) is 8.66. The van der Waals surface area contributed by atoms with E-state index in [2.05, 4.69) is 36.5 Å². The maximum absolute atomic E-state index is 12.3. The second-order valence-electron chi connectivity index (χ2n) is 6.64. The Balaban J connectivity index is 1.85. The van der Waals surface area contributed by atoms with Crippen LogP contribution >= 0.6 is 0 Å². The van der Waals surface area contributed by atoms with Crippen molar-refractivity contribution in [1.82, 2.24) is 9.62 Å². The highest BCUT2D eigenvalue weighted by Gasteiger charge is 2.28. The molecule has 0 aliphatic carbocycles. The predicted molar refractivity (Wildman–Crippen MR) is 91.2 cm³/mol. The fourth-order valence-electron chi connectivity index (χ4n) is 3.02. The van der Waals surface area contributed by atoms with Crippen molar-refractivity contribution in [3.05, 3.63) is 35.9 Å². The number of rotatable bonds is 6. The van der Waals surface area contributed by atoms with E-state index in [0.717, 1.165) is 12.8 Å². The number of hydrogen-bond acceptors (Lipinski definition) is 3. The molecule has 0 radical (unpaired) electrons. The Morgan fingerprint density at radius 2 is 1.73 bits per heavy atom. The average molecular weight is 324 g/mol. The molecule has 1 saturated heterocycles. The summed E-state index contributed by atoms with van der Waals surface area (Å²) in [6.07, 6.45) is 1.77. The number of piperidine rings is 1. The lowest BCUT2D eigenvalue weighted by Gasteiger charge is -2.33. The zero-order valence-electron chi connectivity index (χ0n) is 13.8. The number of nitrogens with one attached hydrogen (secondary N) is 1. The van der Waals surface area contributed by atoms with Crippen LogP contribution in [-0.4, -0.2) is 37.6 Å². The minimum absolute atomic E-state index is 0.180. The zero-order chi connectivity index (χ0) is 16.2. The standard InChI is InChI=1S/C17H28N2O2S/c1-14(2)13-22(20,21)19-11-9-17(10-12-19)18-15(3)16-7-5-4-6-8-16/h4-8,14-15,17-18H,9-13H2,1-3H3/t15-/m0/s1. The summed E-state index contributed by atoms with van der Waals surface area (Å²) in [5.74, 6) is 0.435. The third-order valence-corrected chi connectivity index (χ3v) is 6.42. The fourth-order valence-corrected chi connectivity index (χ4v) is 4.84. The van der Waals surface area contributed by atoms with Gasteiger partial charge in [0.2, 0.25) is 10.0 Å². The molecule has 1 aliphatic heterocycles. The molecule has 22 heavy (non-hydrogen) atoms. The quantitative estimate of drug-likeness (QED) is 0.875. The van der Waals surface area contributed by atoms with Crippen LogP contribution in [0.4, 0.5) is 0 Å². The highest BCUT2D eigenvalue weighted by atomic mass is 32.2. The Hall–Kier alpha value is -0.910. The minimum atomic E-state index is -3.08. The summed E-state index contributed by atoms with van der Waals surface area (Å²) >= 11 is 0. The van der Waals surface area contributed by atoms with Gasteiger partial charge in [-0.2, -0.15) is 0 Å². The van der Waals surface area contributed by atoms with Crippen molar-refractivity contribution in [3.8, 4) is 0 Å². The molecule has 2 rings (SSSR count). The van der Waals surface area contributed by atoms with E-state index < -0.39 is 10.0 Å². The fraction of sp³-hybridized carbons (Fsp3) is 0.647. The molecule has 0 saturated carbocycles. The molecule has 0 bridgehead atoms. The summed E-state index contributed by atoms with van der Waals surface area (Å²) in [5.41, 5.74) is 1.28. The lowest BCUT2D eigenvalue weighted by molar-refractivity contribution is 0.276. The van der Waals surface area contributed by atoms with Crippen molar-refractivity contribution >= 4 is 10.0 Å². The molecule has 1 aliphatic rings. The summed E-state index contributed by atoms with van der Waals surface area (Å²) in [7, 11) is -3.08. The summed E-state index contributed by atoms with van der Waals surface area (Å²) in [6.45, 7) is 7.33. The Morgan fingerprint density at radius 3 is 2.27 bits per heavy atom. The second kappa shape index (κ2) is 7.57. The molecule has 1 aromatic rings. The van der Waals surface area contributed by atoms with Crippen molar-refractivity contribution in [2.75, 3.05) is 18.8 Å². The van der Waals surface area contributed by atoms with E-state index in [0.29, 0.717) is 25.2 Å². The Bertz CT molecular complexity index is 549. The highest BCUT2D eigenvalue weighted by molar-refractivity contribution is 7.89. The van der Waals surface area contributed by atoms with Gasteiger partial charge in [-0.05, 0) is 31.2 Å². The lowest BCUT2D eigenvalue weighted by atomic mass is 10.0. The van der Waals surface area contributed by atoms with Crippen LogP contribution in [0.2, 0.25) is 0 Å². The van der Waals surface area contributed by atoms with Gasteiger partial charge in [0, 0.05) is 25.2 Å². The highest BCUT2D eigenvalue weighted by Crippen LogP contribution is 2.19. The van der Waals surface area contributed by atoms with Crippen LogP contribution in [0.5, 0.6) is 0 Å². The first-order valence-electron chi connectivity index (χ1n) is 8.17.